The number of carbonyl (C=O) groups is 1. The standard InChI is InChI=1S/C20H20N2O5S/c23-19-9-2-1-5-15(19)10-11-20(24)22-16-6-3-8-18(13-16)28(25,26)21-14-17-7-4-12-27-17/h1-9,12-13,21,23H,10-11,14H2,(H,22,24). The predicted octanol–water partition coefficient (Wildman–Crippen LogP) is 3.04. The van der Waals surface area contributed by atoms with E-state index in [2.05, 4.69) is 10.0 Å². The predicted molar refractivity (Wildman–Crippen MR) is 104 cm³/mol. The zero-order chi connectivity index (χ0) is 20.0. The summed E-state index contributed by atoms with van der Waals surface area (Å²) in [5.74, 6) is 0.365. The van der Waals surface area contributed by atoms with Gasteiger partial charge in [0.15, 0.2) is 0 Å². The molecule has 7 nitrogen and oxygen atoms in total. The van der Waals surface area contributed by atoms with Gasteiger partial charge in [0.2, 0.25) is 15.9 Å². The Balaban J connectivity index is 1.60. The molecule has 0 saturated heterocycles. The number of phenols is 1. The molecule has 0 unspecified atom stereocenters. The van der Waals surface area contributed by atoms with Gasteiger partial charge in [-0.2, -0.15) is 0 Å². The Morgan fingerprint density at radius 1 is 1.04 bits per heavy atom. The van der Waals surface area contributed by atoms with Gasteiger partial charge in [0.05, 0.1) is 17.7 Å². The van der Waals surface area contributed by atoms with Crippen LogP contribution in [0, 0.1) is 0 Å². The van der Waals surface area contributed by atoms with Gasteiger partial charge < -0.3 is 14.8 Å². The first-order valence-electron chi connectivity index (χ1n) is 8.63. The molecule has 3 rings (SSSR count). The van der Waals surface area contributed by atoms with E-state index in [4.69, 9.17) is 4.42 Å². The number of phenolic OH excluding ortho intramolecular Hbond substituents is 1. The Hall–Kier alpha value is -3.10. The fraction of sp³-hybridized carbons (Fsp3) is 0.150. The molecule has 2 aromatic carbocycles. The number of amides is 1. The van der Waals surface area contributed by atoms with Crippen LogP contribution in [0.4, 0.5) is 5.69 Å². The zero-order valence-electron chi connectivity index (χ0n) is 15.0. The van der Waals surface area contributed by atoms with E-state index < -0.39 is 10.0 Å². The number of para-hydroxylation sites is 1. The Labute approximate surface area is 163 Å². The van der Waals surface area contributed by atoms with Crippen molar-refractivity contribution < 1.29 is 22.7 Å². The van der Waals surface area contributed by atoms with Gasteiger partial charge in [-0.05, 0) is 48.4 Å². The van der Waals surface area contributed by atoms with Gasteiger partial charge in [0, 0.05) is 12.1 Å². The third-order valence-electron chi connectivity index (χ3n) is 4.06. The second kappa shape index (κ2) is 8.73. The second-order valence-corrected chi connectivity index (χ2v) is 7.88. The third kappa shape index (κ3) is 5.21. The van der Waals surface area contributed by atoms with Crippen molar-refractivity contribution in [3.8, 4) is 5.75 Å². The van der Waals surface area contributed by atoms with Crippen LogP contribution in [0.1, 0.15) is 17.7 Å². The average Bonchev–Trinajstić information content (AvgIpc) is 3.20. The van der Waals surface area contributed by atoms with Crippen LogP contribution in [0.3, 0.4) is 0 Å². The summed E-state index contributed by atoms with van der Waals surface area (Å²) in [5.41, 5.74) is 1.05. The van der Waals surface area contributed by atoms with E-state index in [1.165, 1.54) is 18.4 Å². The smallest absolute Gasteiger partial charge is 0.241 e. The number of furan rings is 1. The van der Waals surface area contributed by atoms with Crippen LogP contribution in [0.2, 0.25) is 0 Å². The monoisotopic (exact) mass is 400 g/mol. The lowest BCUT2D eigenvalue weighted by Gasteiger charge is -2.09. The summed E-state index contributed by atoms with van der Waals surface area (Å²) in [6.07, 6.45) is 2.00. The van der Waals surface area contributed by atoms with Crippen LogP contribution >= 0.6 is 0 Å². The van der Waals surface area contributed by atoms with E-state index in [-0.39, 0.29) is 29.5 Å². The number of hydrogen-bond acceptors (Lipinski definition) is 5. The molecule has 3 N–H and O–H groups in total. The van der Waals surface area contributed by atoms with E-state index in [9.17, 15) is 18.3 Å². The van der Waals surface area contributed by atoms with Gasteiger partial charge in [0.25, 0.3) is 0 Å². The van der Waals surface area contributed by atoms with Crippen molar-refractivity contribution in [3.05, 3.63) is 78.3 Å². The van der Waals surface area contributed by atoms with E-state index >= 15 is 0 Å². The van der Waals surface area contributed by atoms with Crippen molar-refractivity contribution in [1.82, 2.24) is 4.72 Å². The molecule has 0 aliphatic rings. The number of carbonyl (C=O) groups excluding carboxylic acids is 1. The first kappa shape index (κ1) is 19.7. The van der Waals surface area contributed by atoms with Crippen LogP contribution < -0.4 is 10.0 Å². The number of rotatable bonds is 8. The maximum atomic E-state index is 12.4. The number of aromatic hydroxyl groups is 1. The van der Waals surface area contributed by atoms with Crippen molar-refractivity contribution in [3.63, 3.8) is 0 Å². The molecule has 1 heterocycles. The minimum atomic E-state index is -3.75. The van der Waals surface area contributed by atoms with E-state index in [1.807, 2.05) is 0 Å². The molecule has 0 atom stereocenters. The van der Waals surface area contributed by atoms with Gasteiger partial charge >= 0.3 is 0 Å². The highest BCUT2D eigenvalue weighted by Crippen LogP contribution is 2.19. The van der Waals surface area contributed by atoms with Crippen LogP contribution in [-0.2, 0) is 27.8 Å². The molecule has 146 valence electrons. The third-order valence-corrected chi connectivity index (χ3v) is 5.46. The van der Waals surface area contributed by atoms with Gasteiger partial charge in [-0.25, -0.2) is 13.1 Å². The number of benzene rings is 2. The molecule has 0 bridgehead atoms. The fourth-order valence-corrected chi connectivity index (χ4v) is 3.64. The molecule has 28 heavy (non-hydrogen) atoms. The molecule has 3 aromatic rings. The normalized spacial score (nSPS) is 11.3. The highest BCUT2D eigenvalue weighted by atomic mass is 32.2. The summed E-state index contributed by atoms with van der Waals surface area (Å²) in [6.45, 7) is 0.0342. The highest BCUT2D eigenvalue weighted by molar-refractivity contribution is 7.89. The van der Waals surface area contributed by atoms with Gasteiger partial charge in [-0.3, -0.25) is 4.79 Å². The van der Waals surface area contributed by atoms with E-state index in [0.717, 1.165) is 0 Å². The first-order chi connectivity index (χ1) is 13.4. The highest BCUT2D eigenvalue weighted by Gasteiger charge is 2.15. The first-order valence-corrected chi connectivity index (χ1v) is 10.1. The number of anilines is 1. The van der Waals surface area contributed by atoms with E-state index in [1.54, 1.807) is 48.5 Å². The van der Waals surface area contributed by atoms with Crippen molar-refractivity contribution >= 4 is 21.6 Å². The molecule has 0 radical (unpaired) electrons. The summed E-state index contributed by atoms with van der Waals surface area (Å²) in [7, 11) is -3.75. The second-order valence-electron chi connectivity index (χ2n) is 6.11. The molecule has 1 aromatic heterocycles. The van der Waals surface area contributed by atoms with Gasteiger partial charge in [0.1, 0.15) is 11.5 Å². The quantitative estimate of drug-likeness (QED) is 0.539. The van der Waals surface area contributed by atoms with Crippen LogP contribution in [0.25, 0.3) is 0 Å². The average molecular weight is 400 g/mol. The lowest BCUT2D eigenvalue weighted by Crippen LogP contribution is -2.23. The van der Waals surface area contributed by atoms with Crippen molar-refractivity contribution in [2.24, 2.45) is 0 Å². The molecule has 0 saturated carbocycles. The Bertz CT molecular complexity index is 1050. The summed E-state index contributed by atoms with van der Waals surface area (Å²) < 4.78 is 32.4. The largest absolute Gasteiger partial charge is 0.508 e. The molecule has 0 spiro atoms. The summed E-state index contributed by atoms with van der Waals surface area (Å²) in [6, 6.07) is 16.2. The Morgan fingerprint density at radius 2 is 1.86 bits per heavy atom. The lowest BCUT2D eigenvalue weighted by molar-refractivity contribution is -0.116. The number of sulfonamides is 1. The molecule has 0 aliphatic heterocycles. The number of aryl methyl sites for hydroxylation is 1. The Kier molecular flexibility index (Phi) is 6.13. The molecular weight excluding hydrogens is 380 g/mol. The minimum absolute atomic E-state index is 0.0342. The summed E-state index contributed by atoms with van der Waals surface area (Å²) in [5, 5.41) is 12.4. The minimum Gasteiger partial charge on any atom is -0.508 e. The molecule has 8 heteroatoms. The van der Waals surface area contributed by atoms with E-state index in [0.29, 0.717) is 23.4 Å². The maximum absolute atomic E-state index is 12.4. The molecule has 1 amide bonds. The summed E-state index contributed by atoms with van der Waals surface area (Å²) in [4.78, 5) is 12.2. The van der Waals surface area contributed by atoms with Crippen molar-refractivity contribution in [2.75, 3.05) is 5.32 Å². The van der Waals surface area contributed by atoms with Crippen LogP contribution in [0.5, 0.6) is 5.75 Å². The molecule has 0 aliphatic carbocycles. The fourth-order valence-electron chi connectivity index (χ4n) is 2.60. The van der Waals surface area contributed by atoms with Crippen molar-refractivity contribution in [1.29, 1.82) is 0 Å². The zero-order valence-corrected chi connectivity index (χ0v) is 15.8. The van der Waals surface area contributed by atoms with Gasteiger partial charge in [-0.15, -0.1) is 0 Å². The van der Waals surface area contributed by atoms with Crippen LogP contribution in [-0.4, -0.2) is 19.4 Å². The number of nitrogens with one attached hydrogen (secondary N) is 2. The molecular formula is C20H20N2O5S. The van der Waals surface area contributed by atoms with Gasteiger partial charge in [-0.1, -0.05) is 24.3 Å². The number of hydrogen-bond donors (Lipinski definition) is 3. The molecule has 0 fully saturated rings. The SMILES string of the molecule is O=C(CCc1ccccc1O)Nc1cccc(S(=O)(=O)NCc2ccco2)c1. The Morgan fingerprint density at radius 3 is 2.61 bits per heavy atom. The topological polar surface area (TPSA) is 109 Å². The van der Waals surface area contributed by atoms with Crippen LogP contribution in [0.15, 0.2) is 76.2 Å². The van der Waals surface area contributed by atoms with Crippen molar-refractivity contribution in [2.45, 2.75) is 24.3 Å². The lowest BCUT2D eigenvalue weighted by atomic mass is 10.1. The summed E-state index contributed by atoms with van der Waals surface area (Å²) >= 11 is 0. The maximum Gasteiger partial charge on any atom is 0.241 e.